The molecule has 1 aromatic rings. The van der Waals surface area contributed by atoms with Crippen LogP contribution in [0.15, 0.2) is 38.8 Å². The standard InChI is InChI=1S/C11H9BrFN5O/c12-8-9(6-1-3-7(13)4-2-6)16-11(14)18(19)5-15-17-10(8)18/h1-4,15H,5H2,(H2,14,16). The second kappa shape index (κ2) is 4.12. The third kappa shape index (κ3) is 1.76. The molecular weight excluding hydrogens is 317 g/mol. The van der Waals surface area contributed by atoms with Crippen molar-refractivity contribution in [3.8, 4) is 0 Å². The quantitative estimate of drug-likeness (QED) is 0.604. The van der Waals surface area contributed by atoms with Crippen LogP contribution in [-0.4, -0.2) is 23.1 Å². The summed E-state index contributed by atoms with van der Waals surface area (Å²) in [4.78, 5) is 4.12. The molecule has 8 heteroatoms. The number of hydrogen-bond donors (Lipinski definition) is 2. The van der Waals surface area contributed by atoms with Crippen LogP contribution in [0.2, 0.25) is 0 Å². The summed E-state index contributed by atoms with van der Waals surface area (Å²) in [5.41, 5.74) is 9.46. The van der Waals surface area contributed by atoms with E-state index in [0.717, 1.165) is 0 Å². The van der Waals surface area contributed by atoms with Crippen LogP contribution in [0, 0.1) is 11.0 Å². The number of guanidine groups is 1. The van der Waals surface area contributed by atoms with Gasteiger partial charge in [0.15, 0.2) is 6.67 Å². The van der Waals surface area contributed by atoms with Gasteiger partial charge in [0.1, 0.15) is 16.0 Å². The molecule has 0 saturated heterocycles. The lowest BCUT2D eigenvalue weighted by atomic mass is 10.1. The van der Waals surface area contributed by atoms with Crippen LogP contribution >= 0.6 is 15.9 Å². The molecule has 6 nitrogen and oxygen atoms in total. The topological polar surface area (TPSA) is 85.8 Å². The van der Waals surface area contributed by atoms with Gasteiger partial charge in [0.2, 0.25) is 0 Å². The highest BCUT2D eigenvalue weighted by Gasteiger charge is 2.41. The van der Waals surface area contributed by atoms with E-state index in [1.54, 1.807) is 12.1 Å². The summed E-state index contributed by atoms with van der Waals surface area (Å²) >= 11 is 3.32. The van der Waals surface area contributed by atoms with E-state index in [2.05, 4.69) is 31.4 Å². The number of hydrogen-bond acceptors (Lipinski definition) is 5. The van der Waals surface area contributed by atoms with Crippen molar-refractivity contribution in [2.24, 2.45) is 15.8 Å². The third-order valence-electron chi connectivity index (χ3n) is 2.94. The minimum Gasteiger partial charge on any atom is -0.617 e. The number of benzene rings is 1. The Kier molecular flexibility index (Phi) is 2.66. The van der Waals surface area contributed by atoms with Gasteiger partial charge >= 0.3 is 5.96 Å². The predicted octanol–water partition coefficient (Wildman–Crippen LogP) is 1.41. The van der Waals surface area contributed by atoms with E-state index in [4.69, 9.17) is 5.73 Å². The number of amidine groups is 1. The number of fused-ring (bicyclic) bond motifs is 1. The van der Waals surface area contributed by atoms with Gasteiger partial charge in [-0.05, 0) is 40.2 Å². The first-order valence-corrected chi connectivity index (χ1v) is 6.23. The molecule has 3 rings (SSSR count). The maximum absolute atomic E-state index is 12.9. The summed E-state index contributed by atoms with van der Waals surface area (Å²) in [7, 11) is 0. The molecule has 2 heterocycles. The molecule has 0 saturated carbocycles. The highest BCUT2D eigenvalue weighted by Crippen LogP contribution is 2.34. The molecule has 0 amide bonds. The molecule has 98 valence electrons. The van der Waals surface area contributed by atoms with E-state index in [1.807, 2.05) is 0 Å². The first-order valence-electron chi connectivity index (χ1n) is 5.43. The lowest BCUT2D eigenvalue weighted by Gasteiger charge is -2.37. The molecule has 0 aromatic heterocycles. The fourth-order valence-corrected chi connectivity index (χ4v) is 2.60. The molecule has 2 aliphatic rings. The number of halogens is 2. The van der Waals surface area contributed by atoms with Crippen molar-refractivity contribution in [2.75, 3.05) is 6.67 Å². The van der Waals surface area contributed by atoms with Crippen molar-refractivity contribution >= 4 is 33.4 Å². The summed E-state index contributed by atoms with van der Waals surface area (Å²) < 4.78 is 12.5. The lowest BCUT2D eigenvalue weighted by molar-refractivity contribution is -0.687. The van der Waals surface area contributed by atoms with E-state index < -0.39 is 4.65 Å². The zero-order chi connectivity index (χ0) is 13.6. The van der Waals surface area contributed by atoms with E-state index in [0.29, 0.717) is 15.7 Å². The summed E-state index contributed by atoms with van der Waals surface area (Å²) in [6, 6.07) is 5.76. The molecule has 0 fully saturated rings. The summed E-state index contributed by atoms with van der Waals surface area (Å²) in [5, 5.41) is 16.4. The maximum Gasteiger partial charge on any atom is 0.308 e. The van der Waals surface area contributed by atoms with Gasteiger partial charge in [0.05, 0.1) is 0 Å². The molecule has 1 atom stereocenters. The molecule has 0 radical (unpaired) electrons. The van der Waals surface area contributed by atoms with Crippen molar-refractivity contribution < 1.29 is 9.04 Å². The van der Waals surface area contributed by atoms with Crippen LogP contribution in [-0.2, 0) is 0 Å². The van der Waals surface area contributed by atoms with Gasteiger partial charge in [-0.15, -0.1) is 5.10 Å². The Morgan fingerprint density at radius 2 is 2.05 bits per heavy atom. The Balaban J connectivity index is 2.14. The normalized spacial score (nSPS) is 25.6. The number of nitrogens with two attached hydrogens (primary N) is 1. The van der Waals surface area contributed by atoms with Gasteiger partial charge in [0, 0.05) is 5.56 Å². The SMILES string of the molecule is NC1=NC(c2ccc(F)cc2)=C(Br)C2=NNC[N+]12[O-]. The second-order valence-electron chi connectivity index (χ2n) is 4.13. The summed E-state index contributed by atoms with van der Waals surface area (Å²) in [6.07, 6.45) is 0. The highest BCUT2D eigenvalue weighted by molar-refractivity contribution is 9.12. The van der Waals surface area contributed by atoms with E-state index in [9.17, 15) is 9.60 Å². The van der Waals surface area contributed by atoms with E-state index in [-0.39, 0.29) is 24.3 Å². The first kappa shape index (κ1) is 12.3. The van der Waals surface area contributed by atoms with Crippen LogP contribution in [0.25, 0.3) is 5.70 Å². The largest absolute Gasteiger partial charge is 0.617 e. The smallest absolute Gasteiger partial charge is 0.308 e. The predicted molar refractivity (Wildman–Crippen MR) is 72.9 cm³/mol. The molecule has 0 bridgehead atoms. The second-order valence-corrected chi connectivity index (χ2v) is 4.92. The Morgan fingerprint density at radius 3 is 2.74 bits per heavy atom. The number of hydroxylamine groups is 3. The zero-order valence-electron chi connectivity index (χ0n) is 9.60. The van der Waals surface area contributed by atoms with Gasteiger partial charge in [-0.2, -0.15) is 4.99 Å². The maximum atomic E-state index is 12.9. The van der Waals surface area contributed by atoms with Crippen molar-refractivity contribution in [1.82, 2.24) is 5.43 Å². The molecule has 19 heavy (non-hydrogen) atoms. The molecular formula is C11H9BrFN5O. The van der Waals surface area contributed by atoms with Crippen LogP contribution in [0.1, 0.15) is 5.56 Å². The number of aliphatic imine (C=N–C) groups is 1. The molecule has 1 unspecified atom stereocenters. The minimum atomic E-state index is -0.925. The fourth-order valence-electron chi connectivity index (χ4n) is 1.91. The number of nitrogens with one attached hydrogen (secondary N) is 1. The molecule has 1 aromatic carbocycles. The molecule has 0 aliphatic carbocycles. The van der Waals surface area contributed by atoms with Crippen molar-refractivity contribution in [1.29, 1.82) is 0 Å². The lowest BCUT2D eigenvalue weighted by Crippen LogP contribution is -2.56. The Morgan fingerprint density at radius 1 is 1.37 bits per heavy atom. The van der Waals surface area contributed by atoms with Gasteiger partial charge < -0.3 is 10.9 Å². The molecule has 0 spiro atoms. The highest BCUT2D eigenvalue weighted by atomic mass is 79.9. The van der Waals surface area contributed by atoms with Gasteiger partial charge in [-0.3, -0.25) is 5.43 Å². The van der Waals surface area contributed by atoms with Gasteiger partial charge in [-0.1, -0.05) is 0 Å². The van der Waals surface area contributed by atoms with Crippen molar-refractivity contribution in [2.45, 2.75) is 0 Å². The average Bonchev–Trinajstić information content (AvgIpc) is 2.79. The van der Waals surface area contributed by atoms with Crippen molar-refractivity contribution in [3.63, 3.8) is 0 Å². The van der Waals surface area contributed by atoms with E-state index >= 15 is 0 Å². The summed E-state index contributed by atoms with van der Waals surface area (Å²) in [5.74, 6) is -0.236. The number of hydrazone groups is 1. The van der Waals surface area contributed by atoms with Gasteiger partial charge in [0.25, 0.3) is 5.84 Å². The Hall–Kier alpha value is -1.77. The van der Waals surface area contributed by atoms with Crippen molar-refractivity contribution in [3.05, 3.63) is 45.3 Å². The van der Waals surface area contributed by atoms with Gasteiger partial charge in [-0.25, -0.2) is 9.04 Å². The summed E-state index contributed by atoms with van der Waals surface area (Å²) in [6.45, 7) is 0.0104. The van der Waals surface area contributed by atoms with Crippen LogP contribution in [0.4, 0.5) is 4.39 Å². The minimum absolute atomic E-state index is 0.0104. The van der Waals surface area contributed by atoms with Crippen LogP contribution in [0.3, 0.4) is 0 Å². The number of rotatable bonds is 1. The average molecular weight is 326 g/mol. The Labute approximate surface area is 116 Å². The van der Waals surface area contributed by atoms with E-state index in [1.165, 1.54) is 12.1 Å². The molecule has 2 aliphatic heterocycles. The molecule has 3 N–H and O–H groups in total. The van der Waals surface area contributed by atoms with Crippen LogP contribution in [0.5, 0.6) is 0 Å². The van der Waals surface area contributed by atoms with Crippen LogP contribution < -0.4 is 11.2 Å². The zero-order valence-corrected chi connectivity index (χ0v) is 11.2. The fraction of sp³-hybridized carbons (Fsp3) is 0.0909. The number of quaternary nitrogens is 1. The first-order chi connectivity index (χ1) is 9.02. The Bertz CT molecular complexity index is 639. The number of nitrogens with zero attached hydrogens (tertiary/aromatic N) is 3. The monoisotopic (exact) mass is 325 g/mol. The third-order valence-corrected chi connectivity index (χ3v) is 3.67.